The Morgan fingerprint density at radius 1 is 1.07 bits per heavy atom. The van der Waals surface area contributed by atoms with Crippen LogP contribution >= 0.6 is 0 Å². The van der Waals surface area contributed by atoms with Gasteiger partial charge in [-0.25, -0.2) is 0 Å². The standard InChI is InChI=1S/C25H28N2O3/c1-3-4-15-27-23(20-13-9-6-10-14-20)18(2)16-21(25(27)30)24(29)26-22(17-28)19-11-7-5-8-12-19/h5-14,16,22,28H,3-4,15,17H2,1-2H3,(H,26,29)/t22-/m1/s1. The minimum Gasteiger partial charge on any atom is -0.394 e. The minimum atomic E-state index is -0.573. The van der Waals surface area contributed by atoms with Crippen LogP contribution in [0.3, 0.4) is 0 Å². The van der Waals surface area contributed by atoms with Crippen molar-refractivity contribution in [1.82, 2.24) is 9.88 Å². The molecule has 5 nitrogen and oxygen atoms in total. The first-order chi connectivity index (χ1) is 14.6. The fourth-order valence-corrected chi connectivity index (χ4v) is 3.63. The van der Waals surface area contributed by atoms with E-state index >= 15 is 0 Å². The second kappa shape index (κ2) is 10.0. The fraction of sp³-hybridized carbons (Fsp3) is 0.280. The van der Waals surface area contributed by atoms with Crippen molar-refractivity contribution in [2.24, 2.45) is 0 Å². The lowest BCUT2D eigenvalue weighted by Crippen LogP contribution is -2.37. The lowest BCUT2D eigenvalue weighted by molar-refractivity contribution is 0.0914. The van der Waals surface area contributed by atoms with Crippen LogP contribution in [0.15, 0.2) is 71.5 Å². The predicted molar refractivity (Wildman–Crippen MR) is 120 cm³/mol. The van der Waals surface area contributed by atoms with E-state index in [1.165, 1.54) is 0 Å². The Morgan fingerprint density at radius 2 is 1.70 bits per heavy atom. The highest BCUT2D eigenvalue weighted by Gasteiger charge is 2.21. The number of rotatable bonds is 8. The van der Waals surface area contributed by atoms with Gasteiger partial charge in [-0.1, -0.05) is 74.0 Å². The van der Waals surface area contributed by atoms with Crippen LogP contribution in [0.25, 0.3) is 11.3 Å². The third-order valence-electron chi connectivity index (χ3n) is 5.20. The number of carbonyl (C=O) groups is 1. The summed E-state index contributed by atoms with van der Waals surface area (Å²) in [5.74, 6) is -0.476. The molecule has 1 atom stereocenters. The summed E-state index contributed by atoms with van der Waals surface area (Å²) in [4.78, 5) is 26.3. The molecule has 1 heterocycles. The van der Waals surface area contributed by atoms with Crippen molar-refractivity contribution >= 4 is 5.91 Å². The Balaban J connectivity index is 2.02. The van der Waals surface area contributed by atoms with Crippen LogP contribution in [-0.2, 0) is 6.54 Å². The summed E-state index contributed by atoms with van der Waals surface area (Å²) in [7, 11) is 0. The van der Waals surface area contributed by atoms with Gasteiger partial charge in [0, 0.05) is 6.54 Å². The number of aromatic nitrogens is 1. The normalized spacial score (nSPS) is 11.8. The minimum absolute atomic E-state index is 0.0951. The van der Waals surface area contributed by atoms with E-state index in [1.807, 2.05) is 67.6 Å². The molecule has 2 aromatic carbocycles. The lowest BCUT2D eigenvalue weighted by Gasteiger charge is -2.20. The van der Waals surface area contributed by atoms with Gasteiger partial charge < -0.3 is 15.0 Å². The summed E-state index contributed by atoms with van der Waals surface area (Å²) in [6.07, 6.45) is 1.78. The molecule has 1 aromatic heterocycles. The van der Waals surface area contributed by atoms with Crippen molar-refractivity contribution in [1.29, 1.82) is 0 Å². The van der Waals surface area contributed by atoms with Gasteiger partial charge in [-0.2, -0.15) is 0 Å². The summed E-state index contributed by atoms with van der Waals surface area (Å²) < 4.78 is 1.71. The maximum Gasteiger partial charge on any atom is 0.263 e. The van der Waals surface area contributed by atoms with Gasteiger partial charge in [-0.05, 0) is 36.1 Å². The lowest BCUT2D eigenvalue weighted by atomic mass is 10.0. The van der Waals surface area contributed by atoms with E-state index in [1.54, 1.807) is 10.6 Å². The molecule has 0 fully saturated rings. The molecule has 0 aliphatic carbocycles. The molecule has 3 rings (SSSR count). The molecule has 1 amide bonds. The van der Waals surface area contributed by atoms with Gasteiger partial charge in [0.05, 0.1) is 18.3 Å². The topological polar surface area (TPSA) is 71.3 Å². The molecule has 0 spiro atoms. The molecular formula is C25H28N2O3. The molecule has 3 aromatic rings. The Kier molecular flexibility index (Phi) is 7.20. The SMILES string of the molecule is CCCCn1c(-c2ccccc2)c(C)cc(C(=O)N[C@H](CO)c2ccccc2)c1=O. The number of pyridine rings is 1. The van der Waals surface area contributed by atoms with Gasteiger partial charge in [0.1, 0.15) is 5.56 Å². The van der Waals surface area contributed by atoms with Crippen LogP contribution in [0.4, 0.5) is 0 Å². The van der Waals surface area contributed by atoms with Crippen LogP contribution < -0.4 is 10.9 Å². The zero-order valence-corrected chi connectivity index (χ0v) is 17.5. The number of nitrogens with one attached hydrogen (secondary N) is 1. The van der Waals surface area contributed by atoms with Gasteiger partial charge in [0.25, 0.3) is 11.5 Å². The molecule has 5 heteroatoms. The number of hydrogen-bond donors (Lipinski definition) is 2. The van der Waals surface area contributed by atoms with E-state index in [0.717, 1.165) is 35.2 Å². The Hall–Kier alpha value is -3.18. The molecule has 0 bridgehead atoms. The fourth-order valence-electron chi connectivity index (χ4n) is 3.63. The van der Waals surface area contributed by atoms with Gasteiger partial charge in [0.2, 0.25) is 0 Å². The monoisotopic (exact) mass is 404 g/mol. The second-order valence-corrected chi connectivity index (χ2v) is 7.39. The van der Waals surface area contributed by atoms with Gasteiger partial charge in [-0.15, -0.1) is 0 Å². The zero-order valence-electron chi connectivity index (χ0n) is 17.5. The van der Waals surface area contributed by atoms with Crippen LogP contribution in [0, 0.1) is 6.92 Å². The Bertz CT molecular complexity index is 1040. The molecular weight excluding hydrogens is 376 g/mol. The Morgan fingerprint density at radius 3 is 2.30 bits per heavy atom. The van der Waals surface area contributed by atoms with Crippen molar-refractivity contribution < 1.29 is 9.90 Å². The average Bonchev–Trinajstić information content (AvgIpc) is 2.78. The predicted octanol–water partition coefficient (Wildman–Crippen LogP) is 4.09. The van der Waals surface area contributed by atoms with Crippen molar-refractivity contribution in [2.75, 3.05) is 6.61 Å². The number of aliphatic hydroxyl groups excluding tert-OH is 1. The molecule has 156 valence electrons. The first-order valence-electron chi connectivity index (χ1n) is 10.3. The third-order valence-corrected chi connectivity index (χ3v) is 5.20. The van der Waals surface area contributed by atoms with Crippen molar-refractivity contribution in [3.8, 4) is 11.3 Å². The van der Waals surface area contributed by atoms with E-state index in [4.69, 9.17) is 0 Å². The number of amides is 1. The molecule has 30 heavy (non-hydrogen) atoms. The average molecular weight is 405 g/mol. The molecule has 0 radical (unpaired) electrons. The molecule has 0 aliphatic rings. The number of aliphatic hydroxyl groups is 1. The number of hydrogen-bond acceptors (Lipinski definition) is 3. The summed E-state index contributed by atoms with van der Waals surface area (Å²) in [6.45, 7) is 4.29. The van der Waals surface area contributed by atoms with Crippen molar-refractivity contribution in [3.63, 3.8) is 0 Å². The molecule has 0 unspecified atom stereocenters. The largest absolute Gasteiger partial charge is 0.394 e. The van der Waals surface area contributed by atoms with Gasteiger partial charge >= 0.3 is 0 Å². The van der Waals surface area contributed by atoms with Crippen LogP contribution in [0.1, 0.15) is 47.3 Å². The van der Waals surface area contributed by atoms with Gasteiger partial charge in [0.15, 0.2) is 0 Å². The van der Waals surface area contributed by atoms with Crippen LogP contribution in [0.2, 0.25) is 0 Å². The quantitative estimate of drug-likeness (QED) is 0.594. The number of unbranched alkanes of at least 4 members (excludes halogenated alkanes) is 1. The zero-order chi connectivity index (χ0) is 21.5. The van der Waals surface area contributed by atoms with E-state index in [-0.39, 0.29) is 17.7 Å². The van der Waals surface area contributed by atoms with Crippen molar-refractivity contribution in [2.45, 2.75) is 39.3 Å². The van der Waals surface area contributed by atoms with Crippen LogP contribution in [0.5, 0.6) is 0 Å². The summed E-state index contributed by atoms with van der Waals surface area (Å²) in [5, 5.41) is 12.6. The summed E-state index contributed by atoms with van der Waals surface area (Å²) >= 11 is 0. The number of benzene rings is 2. The molecule has 0 saturated heterocycles. The molecule has 0 aliphatic heterocycles. The van der Waals surface area contributed by atoms with Crippen molar-refractivity contribution in [3.05, 3.63) is 93.8 Å². The first kappa shape index (κ1) is 21.5. The number of aryl methyl sites for hydroxylation is 1. The van der Waals surface area contributed by atoms with E-state index in [0.29, 0.717) is 6.54 Å². The van der Waals surface area contributed by atoms with E-state index < -0.39 is 11.9 Å². The van der Waals surface area contributed by atoms with E-state index in [9.17, 15) is 14.7 Å². The summed E-state index contributed by atoms with van der Waals surface area (Å²) in [5.41, 5.74) is 3.23. The highest BCUT2D eigenvalue weighted by molar-refractivity contribution is 5.94. The van der Waals surface area contributed by atoms with Gasteiger partial charge in [-0.3, -0.25) is 9.59 Å². The highest BCUT2D eigenvalue weighted by Crippen LogP contribution is 2.23. The first-order valence-corrected chi connectivity index (χ1v) is 10.3. The molecule has 2 N–H and O–H groups in total. The third kappa shape index (κ3) is 4.69. The maximum atomic E-state index is 13.3. The molecule has 0 saturated carbocycles. The van der Waals surface area contributed by atoms with E-state index in [2.05, 4.69) is 12.2 Å². The smallest absolute Gasteiger partial charge is 0.263 e. The maximum absolute atomic E-state index is 13.3. The summed E-state index contributed by atoms with van der Waals surface area (Å²) in [6, 6.07) is 20.1. The number of nitrogens with zero attached hydrogens (tertiary/aromatic N) is 1. The Labute approximate surface area is 177 Å². The second-order valence-electron chi connectivity index (χ2n) is 7.39. The number of carbonyl (C=O) groups excluding carboxylic acids is 1. The highest BCUT2D eigenvalue weighted by atomic mass is 16.3. The van der Waals surface area contributed by atoms with Crippen LogP contribution in [-0.4, -0.2) is 22.2 Å².